The van der Waals surface area contributed by atoms with Crippen LogP contribution in [0.1, 0.15) is 32.8 Å². The molecule has 0 saturated heterocycles. The summed E-state index contributed by atoms with van der Waals surface area (Å²) in [5, 5.41) is 3.18. The molecule has 0 fully saturated rings. The molecule has 1 aromatic rings. The van der Waals surface area contributed by atoms with E-state index in [-0.39, 0.29) is 19.6 Å². The van der Waals surface area contributed by atoms with Crippen LogP contribution in [-0.4, -0.2) is 35.1 Å². The fraction of sp³-hybridized carbons (Fsp3) is 0.438. The lowest BCUT2D eigenvalue weighted by Crippen LogP contribution is -2.57. The van der Waals surface area contributed by atoms with Gasteiger partial charge in [0.2, 0.25) is 0 Å². The number of nitrogens with one attached hydrogen (secondary N) is 1. The summed E-state index contributed by atoms with van der Waals surface area (Å²) in [6.07, 6.45) is -0.155. The number of nitrogens with zero attached hydrogens (tertiary/aromatic N) is 1. The zero-order chi connectivity index (χ0) is 18.3. The second-order valence-electron chi connectivity index (χ2n) is 5.75. The lowest BCUT2D eigenvalue weighted by atomic mass is 9.99. The molecular weight excluding hydrogens is 334 g/mol. The smallest absolute Gasteiger partial charge is 0.326 e. The molecule has 132 valence electrons. The van der Waals surface area contributed by atoms with E-state index >= 15 is 0 Å². The predicted molar refractivity (Wildman–Crippen MR) is 90.4 cm³/mol. The molecule has 4 amide bonds. The molecule has 0 aromatic heterocycles. The topological polar surface area (TPSA) is 102 Å². The van der Waals surface area contributed by atoms with Crippen molar-refractivity contribution in [2.75, 3.05) is 6.61 Å². The molecule has 0 radical (unpaired) electrons. The maximum atomic E-state index is 12.3. The normalized spacial score (nSPS) is 10.8. The van der Waals surface area contributed by atoms with E-state index in [4.69, 9.17) is 22.1 Å². The Bertz CT molecular complexity index is 602. The maximum Gasteiger partial charge on any atom is 0.326 e. The fourth-order valence-electron chi connectivity index (χ4n) is 2.18. The van der Waals surface area contributed by atoms with Crippen LogP contribution in [0.25, 0.3) is 0 Å². The van der Waals surface area contributed by atoms with E-state index in [1.807, 2.05) is 0 Å². The van der Waals surface area contributed by atoms with Gasteiger partial charge >= 0.3 is 18.0 Å². The Morgan fingerprint density at radius 1 is 1.25 bits per heavy atom. The maximum absolute atomic E-state index is 12.3. The highest BCUT2D eigenvalue weighted by atomic mass is 35.5. The molecular formula is C16H22ClN3O4. The van der Waals surface area contributed by atoms with E-state index < -0.39 is 23.6 Å². The minimum atomic E-state index is -1.12. The highest BCUT2D eigenvalue weighted by Crippen LogP contribution is 2.20. The first-order valence-electron chi connectivity index (χ1n) is 7.45. The minimum absolute atomic E-state index is 0.155. The first-order valence-corrected chi connectivity index (χ1v) is 7.82. The van der Waals surface area contributed by atoms with Crippen molar-refractivity contribution in [3.63, 3.8) is 0 Å². The van der Waals surface area contributed by atoms with Crippen molar-refractivity contribution in [1.82, 2.24) is 10.2 Å². The molecule has 24 heavy (non-hydrogen) atoms. The van der Waals surface area contributed by atoms with Crippen LogP contribution in [0.3, 0.4) is 0 Å². The zero-order valence-corrected chi connectivity index (χ0v) is 14.7. The summed E-state index contributed by atoms with van der Waals surface area (Å²) in [5.41, 5.74) is 5.00. The molecule has 0 saturated carbocycles. The van der Waals surface area contributed by atoms with E-state index in [1.54, 1.807) is 45.0 Å². The number of nitrogens with two attached hydrogens (primary N) is 1. The number of halogens is 1. The van der Waals surface area contributed by atoms with Crippen molar-refractivity contribution < 1.29 is 19.1 Å². The molecule has 0 aliphatic rings. The zero-order valence-electron chi connectivity index (χ0n) is 14.0. The van der Waals surface area contributed by atoms with E-state index in [0.29, 0.717) is 5.02 Å². The summed E-state index contributed by atoms with van der Waals surface area (Å²) in [7, 11) is 0. The Kier molecular flexibility index (Phi) is 7.03. The van der Waals surface area contributed by atoms with Crippen molar-refractivity contribution in [3.8, 4) is 0 Å². The van der Waals surface area contributed by atoms with Gasteiger partial charge in [-0.2, -0.15) is 0 Å². The van der Waals surface area contributed by atoms with Crippen LogP contribution in [0.4, 0.5) is 9.59 Å². The molecule has 8 heteroatoms. The SMILES string of the molecule is CCOC(=O)CC(C)(C)N(C(N)=O)C(=O)NCc1ccc(Cl)cc1. The summed E-state index contributed by atoms with van der Waals surface area (Å²) < 4.78 is 4.87. The Morgan fingerprint density at radius 3 is 2.33 bits per heavy atom. The monoisotopic (exact) mass is 355 g/mol. The number of rotatable bonds is 6. The van der Waals surface area contributed by atoms with Gasteiger partial charge in [-0.25, -0.2) is 14.5 Å². The minimum Gasteiger partial charge on any atom is -0.466 e. The molecule has 3 N–H and O–H groups in total. The van der Waals surface area contributed by atoms with Gasteiger partial charge in [0, 0.05) is 11.6 Å². The second-order valence-corrected chi connectivity index (χ2v) is 6.19. The van der Waals surface area contributed by atoms with Crippen LogP contribution in [0.2, 0.25) is 5.02 Å². The number of carbonyl (C=O) groups is 3. The summed E-state index contributed by atoms with van der Waals surface area (Å²) in [6.45, 7) is 5.21. The third kappa shape index (κ3) is 5.73. The number of benzene rings is 1. The van der Waals surface area contributed by atoms with Crippen LogP contribution in [0, 0.1) is 0 Å². The van der Waals surface area contributed by atoms with Gasteiger partial charge in [-0.15, -0.1) is 0 Å². The van der Waals surface area contributed by atoms with Crippen molar-refractivity contribution in [1.29, 1.82) is 0 Å². The number of hydrogen-bond donors (Lipinski definition) is 2. The number of amides is 4. The van der Waals surface area contributed by atoms with Crippen molar-refractivity contribution in [3.05, 3.63) is 34.9 Å². The number of hydrogen-bond acceptors (Lipinski definition) is 4. The van der Waals surface area contributed by atoms with Crippen LogP contribution in [0.15, 0.2) is 24.3 Å². The molecule has 0 aliphatic carbocycles. The molecule has 0 atom stereocenters. The van der Waals surface area contributed by atoms with Gasteiger partial charge in [-0.1, -0.05) is 23.7 Å². The summed E-state index contributed by atoms with van der Waals surface area (Å²) in [4.78, 5) is 36.5. The number of ether oxygens (including phenoxy) is 1. The summed E-state index contributed by atoms with van der Waals surface area (Å²) in [6, 6.07) is 5.26. The number of esters is 1. The summed E-state index contributed by atoms with van der Waals surface area (Å²) >= 11 is 5.80. The highest BCUT2D eigenvalue weighted by molar-refractivity contribution is 6.30. The van der Waals surface area contributed by atoms with Gasteiger partial charge in [0.05, 0.1) is 18.6 Å². The first kappa shape index (κ1) is 19.8. The Balaban J connectivity index is 2.78. The quantitative estimate of drug-likeness (QED) is 0.766. The van der Waals surface area contributed by atoms with Gasteiger partial charge in [0.25, 0.3) is 0 Å². The number of urea groups is 2. The van der Waals surface area contributed by atoms with Crippen LogP contribution in [-0.2, 0) is 16.1 Å². The Morgan fingerprint density at radius 2 is 1.83 bits per heavy atom. The predicted octanol–water partition coefficient (Wildman–Crippen LogP) is 2.66. The highest BCUT2D eigenvalue weighted by Gasteiger charge is 2.37. The van der Waals surface area contributed by atoms with Gasteiger partial charge in [0.15, 0.2) is 0 Å². The fourth-order valence-corrected chi connectivity index (χ4v) is 2.30. The molecule has 1 rings (SSSR count). The molecule has 0 bridgehead atoms. The lowest BCUT2D eigenvalue weighted by Gasteiger charge is -2.34. The third-order valence-corrected chi connectivity index (χ3v) is 3.52. The number of carbonyl (C=O) groups excluding carboxylic acids is 3. The van der Waals surface area contributed by atoms with E-state index in [1.165, 1.54) is 0 Å². The Hall–Kier alpha value is -2.28. The molecule has 0 spiro atoms. The van der Waals surface area contributed by atoms with Crippen molar-refractivity contribution in [2.24, 2.45) is 5.73 Å². The van der Waals surface area contributed by atoms with E-state index in [2.05, 4.69) is 5.32 Å². The molecule has 0 aliphatic heterocycles. The van der Waals surface area contributed by atoms with Gasteiger partial charge < -0.3 is 15.8 Å². The standard InChI is InChI=1S/C16H22ClN3O4/c1-4-24-13(21)9-16(2,3)20(14(18)22)15(23)19-10-11-5-7-12(17)8-6-11/h5-8H,4,9-10H2,1-3H3,(H2,18,22)(H,19,23). The molecule has 0 heterocycles. The number of primary amides is 1. The van der Waals surface area contributed by atoms with Gasteiger partial charge in [0.1, 0.15) is 0 Å². The first-order chi connectivity index (χ1) is 11.2. The van der Waals surface area contributed by atoms with Crippen LogP contribution in [0.5, 0.6) is 0 Å². The summed E-state index contributed by atoms with van der Waals surface area (Å²) in [5.74, 6) is -0.515. The van der Waals surface area contributed by atoms with Crippen molar-refractivity contribution >= 4 is 29.6 Å². The number of imide groups is 1. The van der Waals surface area contributed by atoms with Crippen LogP contribution >= 0.6 is 11.6 Å². The van der Waals surface area contributed by atoms with Gasteiger partial charge in [-0.05, 0) is 38.5 Å². The molecule has 7 nitrogen and oxygen atoms in total. The largest absolute Gasteiger partial charge is 0.466 e. The Labute approximate surface area is 146 Å². The molecule has 1 aromatic carbocycles. The second kappa shape index (κ2) is 8.54. The van der Waals surface area contributed by atoms with E-state index in [0.717, 1.165) is 10.5 Å². The molecule has 0 unspecified atom stereocenters. The van der Waals surface area contributed by atoms with Crippen LogP contribution < -0.4 is 11.1 Å². The van der Waals surface area contributed by atoms with E-state index in [9.17, 15) is 14.4 Å². The third-order valence-electron chi connectivity index (χ3n) is 3.27. The average molecular weight is 356 g/mol. The lowest BCUT2D eigenvalue weighted by molar-refractivity contribution is -0.145. The average Bonchev–Trinajstić information content (AvgIpc) is 2.45. The van der Waals surface area contributed by atoms with Gasteiger partial charge in [-0.3, -0.25) is 4.79 Å². The van der Waals surface area contributed by atoms with Crippen molar-refractivity contribution in [2.45, 2.75) is 39.3 Å².